The van der Waals surface area contributed by atoms with Gasteiger partial charge in [-0.3, -0.25) is 9.78 Å². The quantitative estimate of drug-likeness (QED) is 0.884. The maximum Gasteiger partial charge on any atom is 0.227 e. The van der Waals surface area contributed by atoms with Gasteiger partial charge in [-0.05, 0) is 66.9 Å². The van der Waals surface area contributed by atoms with E-state index in [9.17, 15) is 4.79 Å². The lowest BCUT2D eigenvalue weighted by Gasteiger charge is -2.31. The van der Waals surface area contributed by atoms with Crippen LogP contribution >= 0.6 is 23.7 Å². The Kier molecular flexibility index (Phi) is 7.69. The number of carbonyl (C=O) groups excluding carboxylic acids is 1. The number of hydrogen-bond donors (Lipinski definition) is 1. The summed E-state index contributed by atoms with van der Waals surface area (Å²) in [6.07, 6.45) is 5.48. The molecule has 0 aromatic carbocycles. The summed E-state index contributed by atoms with van der Waals surface area (Å²) in [5, 5.41) is 7.52. The molecule has 0 radical (unpaired) electrons. The van der Waals surface area contributed by atoms with Crippen LogP contribution in [0.25, 0.3) is 0 Å². The fraction of sp³-hybridized carbons (Fsp3) is 0.444. The Morgan fingerprint density at radius 1 is 1.29 bits per heavy atom. The molecule has 1 amide bonds. The van der Waals surface area contributed by atoms with Crippen molar-refractivity contribution in [3.8, 4) is 0 Å². The summed E-state index contributed by atoms with van der Waals surface area (Å²) in [4.78, 5) is 19.4. The first kappa shape index (κ1) is 18.9. The third-order valence-electron chi connectivity index (χ3n) is 4.30. The molecular weight excluding hydrogens is 342 g/mol. The highest BCUT2D eigenvalue weighted by Crippen LogP contribution is 2.18. The van der Waals surface area contributed by atoms with Crippen molar-refractivity contribution in [1.29, 1.82) is 0 Å². The number of hydrogen-bond acceptors (Lipinski definition) is 4. The third kappa shape index (κ3) is 5.30. The van der Waals surface area contributed by atoms with Gasteiger partial charge in [0, 0.05) is 12.2 Å². The predicted molar refractivity (Wildman–Crippen MR) is 101 cm³/mol. The van der Waals surface area contributed by atoms with Crippen LogP contribution in [0.15, 0.2) is 41.2 Å². The second kappa shape index (κ2) is 9.77. The van der Waals surface area contributed by atoms with Crippen LogP contribution in [0.2, 0.25) is 0 Å². The van der Waals surface area contributed by atoms with Crippen LogP contribution in [-0.4, -0.2) is 34.9 Å². The summed E-state index contributed by atoms with van der Waals surface area (Å²) < 4.78 is 0. The highest BCUT2D eigenvalue weighted by molar-refractivity contribution is 7.08. The third-order valence-corrected chi connectivity index (χ3v) is 5.03. The van der Waals surface area contributed by atoms with Crippen molar-refractivity contribution in [2.75, 3.05) is 13.1 Å². The van der Waals surface area contributed by atoms with Gasteiger partial charge in [-0.2, -0.15) is 11.3 Å². The molecule has 0 aliphatic carbocycles. The van der Waals surface area contributed by atoms with Crippen molar-refractivity contribution in [2.45, 2.75) is 38.3 Å². The Labute approximate surface area is 153 Å². The SMILES string of the molecule is Cl.O=C(Cc1ccsc1)N(Cc1ccccn1)C1CCCNCC1. The zero-order valence-electron chi connectivity index (χ0n) is 13.7. The molecule has 6 heteroatoms. The van der Waals surface area contributed by atoms with Gasteiger partial charge in [-0.25, -0.2) is 0 Å². The minimum absolute atomic E-state index is 0. The maximum atomic E-state index is 12.9. The Bertz CT molecular complexity index is 598. The molecule has 3 rings (SSSR count). The van der Waals surface area contributed by atoms with Crippen molar-refractivity contribution >= 4 is 29.7 Å². The van der Waals surface area contributed by atoms with Gasteiger partial charge in [0.15, 0.2) is 0 Å². The number of thiophene rings is 1. The van der Waals surface area contributed by atoms with E-state index in [1.807, 2.05) is 34.5 Å². The molecule has 0 spiro atoms. The number of carbonyl (C=O) groups is 1. The molecule has 1 fully saturated rings. The topological polar surface area (TPSA) is 45.2 Å². The summed E-state index contributed by atoms with van der Waals surface area (Å²) in [7, 11) is 0. The van der Waals surface area contributed by atoms with Gasteiger partial charge >= 0.3 is 0 Å². The van der Waals surface area contributed by atoms with Gasteiger partial charge in [0.2, 0.25) is 5.91 Å². The lowest BCUT2D eigenvalue weighted by molar-refractivity contribution is -0.133. The molecule has 1 N–H and O–H groups in total. The summed E-state index contributed by atoms with van der Waals surface area (Å²) >= 11 is 1.64. The van der Waals surface area contributed by atoms with Gasteiger partial charge in [0.05, 0.1) is 18.7 Å². The Balaban J connectivity index is 0.00000208. The smallest absolute Gasteiger partial charge is 0.227 e. The van der Waals surface area contributed by atoms with E-state index >= 15 is 0 Å². The molecule has 0 saturated carbocycles. The second-order valence-electron chi connectivity index (χ2n) is 5.99. The first-order valence-corrected chi connectivity index (χ1v) is 9.18. The average molecular weight is 366 g/mol. The molecule has 2 aromatic rings. The molecule has 3 heterocycles. The molecule has 1 saturated heterocycles. The summed E-state index contributed by atoms with van der Waals surface area (Å²) in [5.41, 5.74) is 2.07. The molecule has 1 aliphatic rings. The normalized spacial score (nSPS) is 17.6. The van der Waals surface area contributed by atoms with Gasteiger partial charge in [0.25, 0.3) is 0 Å². The predicted octanol–water partition coefficient (Wildman–Crippen LogP) is 3.28. The molecule has 24 heavy (non-hydrogen) atoms. The van der Waals surface area contributed by atoms with E-state index in [4.69, 9.17) is 0 Å². The Morgan fingerprint density at radius 2 is 2.21 bits per heavy atom. The van der Waals surface area contributed by atoms with E-state index in [2.05, 4.69) is 15.7 Å². The molecule has 1 aliphatic heterocycles. The van der Waals surface area contributed by atoms with Crippen molar-refractivity contribution in [3.63, 3.8) is 0 Å². The number of rotatable bonds is 5. The number of aromatic nitrogens is 1. The fourth-order valence-corrected chi connectivity index (χ4v) is 3.74. The van der Waals surface area contributed by atoms with E-state index in [1.54, 1.807) is 17.5 Å². The van der Waals surface area contributed by atoms with Gasteiger partial charge in [-0.1, -0.05) is 6.07 Å². The van der Waals surface area contributed by atoms with Crippen LogP contribution in [0.5, 0.6) is 0 Å². The van der Waals surface area contributed by atoms with Gasteiger partial charge in [0.1, 0.15) is 0 Å². The zero-order valence-corrected chi connectivity index (χ0v) is 15.3. The molecule has 1 atom stereocenters. The van der Waals surface area contributed by atoms with Gasteiger partial charge < -0.3 is 10.2 Å². The Morgan fingerprint density at radius 3 is 2.96 bits per heavy atom. The monoisotopic (exact) mass is 365 g/mol. The van der Waals surface area contributed by atoms with E-state index in [0.29, 0.717) is 19.0 Å². The first-order valence-electron chi connectivity index (χ1n) is 8.24. The van der Waals surface area contributed by atoms with Crippen LogP contribution < -0.4 is 5.32 Å². The van der Waals surface area contributed by atoms with Crippen LogP contribution in [0, 0.1) is 0 Å². The molecule has 0 bridgehead atoms. The minimum Gasteiger partial charge on any atom is -0.333 e. The van der Waals surface area contributed by atoms with Crippen molar-refractivity contribution < 1.29 is 4.79 Å². The molecule has 2 aromatic heterocycles. The number of nitrogens with zero attached hydrogens (tertiary/aromatic N) is 2. The van der Waals surface area contributed by atoms with E-state index in [1.165, 1.54) is 0 Å². The van der Waals surface area contributed by atoms with Crippen LogP contribution in [0.1, 0.15) is 30.5 Å². The van der Waals surface area contributed by atoms with Crippen molar-refractivity contribution in [2.24, 2.45) is 0 Å². The first-order chi connectivity index (χ1) is 11.3. The fourth-order valence-electron chi connectivity index (χ4n) is 3.07. The van der Waals surface area contributed by atoms with Crippen molar-refractivity contribution in [1.82, 2.24) is 15.2 Å². The van der Waals surface area contributed by atoms with E-state index in [-0.39, 0.29) is 18.3 Å². The number of pyridine rings is 1. The largest absolute Gasteiger partial charge is 0.333 e. The molecular formula is C18H24ClN3OS. The minimum atomic E-state index is 0. The van der Waals surface area contributed by atoms with Gasteiger partial charge in [-0.15, -0.1) is 12.4 Å². The molecule has 130 valence electrons. The number of amides is 1. The van der Waals surface area contributed by atoms with Crippen LogP contribution in [0.3, 0.4) is 0 Å². The highest BCUT2D eigenvalue weighted by Gasteiger charge is 2.25. The summed E-state index contributed by atoms with van der Waals surface area (Å²) in [5.74, 6) is 0.209. The lowest BCUT2D eigenvalue weighted by Crippen LogP contribution is -2.41. The maximum absolute atomic E-state index is 12.9. The van der Waals surface area contributed by atoms with Crippen molar-refractivity contribution in [3.05, 3.63) is 52.5 Å². The molecule has 1 unspecified atom stereocenters. The van der Waals surface area contributed by atoms with E-state index in [0.717, 1.165) is 43.6 Å². The Hall–Kier alpha value is -1.43. The van der Waals surface area contributed by atoms with E-state index < -0.39 is 0 Å². The second-order valence-corrected chi connectivity index (χ2v) is 6.77. The number of nitrogens with one attached hydrogen (secondary N) is 1. The standard InChI is InChI=1S/C18H23N3OS.ClH/c22-18(12-15-7-11-23-14-15)21(13-16-4-1-2-9-20-16)17-5-3-8-19-10-6-17;/h1-2,4,7,9,11,14,17,19H,3,5-6,8,10,12-13H2;1H. The summed E-state index contributed by atoms with van der Waals surface area (Å²) in [6.45, 7) is 2.64. The number of halogens is 1. The van der Waals surface area contributed by atoms with Crippen LogP contribution in [0.4, 0.5) is 0 Å². The summed E-state index contributed by atoms with van der Waals surface area (Å²) in [6, 6.07) is 8.24. The highest BCUT2D eigenvalue weighted by atomic mass is 35.5. The zero-order chi connectivity index (χ0) is 15.9. The average Bonchev–Trinajstić information content (AvgIpc) is 2.93. The lowest BCUT2D eigenvalue weighted by atomic mass is 10.1. The molecule has 4 nitrogen and oxygen atoms in total. The van der Waals surface area contributed by atoms with Crippen LogP contribution in [-0.2, 0) is 17.8 Å².